The van der Waals surface area contributed by atoms with Gasteiger partial charge in [-0.3, -0.25) is 0 Å². The normalized spacial score (nSPS) is 23.6. The molecule has 1 aliphatic rings. The molecule has 1 saturated heterocycles. The topological polar surface area (TPSA) is 21.3 Å². The van der Waals surface area contributed by atoms with Gasteiger partial charge in [0.25, 0.3) is 0 Å². The Morgan fingerprint density at radius 2 is 2.17 bits per heavy atom. The van der Waals surface area contributed by atoms with Gasteiger partial charge in [0.15, 0.2) is 0 Å². The number of benzene rings is 1. The molecule has 0 radical (unpaired) electrons. The lowest BCUT2D eigenvalue weighted by Gasteiger charge is -2.34. The zero-order valence-electron chi connectivity index (χ0n) is 12.0. The molecule has 0 aromatic heterocycles. The predicted molar refractivity (Wildman–Crippen MR) is 76.2 cm³/mol. The highest BCUT2D eigenvalue weighted by Gasteiger charge is 2.37. The fraction of sp³-hybridized carbons (Fsp3) is 0.625. The van der Waals surface area contributed by atoms with Crippen LogP contribution in [0.25, 0.3) is 0 Å². The van der Waals surface area contributed by atoms with Crippen LogP contribution in [-0.2, 0) is 6.42 Å². The minimum Gasteiger partial charge on any atom is -0.496 e. The van der Waals surface area contributed by atoms with Crippen molar-refractivity contribution in [2.75, 3.05) is 13.7 Å². The summed E-state index contributed by atoms with van der Waals surface area (Å²) in [6, 6.07) is 6.48. The SMILES string of the molecule is COc1ccc(C)cc1CC1(C(C)C)CCCN1. The van der Waals surface area contributed by atoms with Crippen molar-refractivity contribution in [3.05, 3.63) is 29.3 Å². The molecule has 100 valence electrons. The van der Waals surface area contributed by atoms with Crippen LogP contribution in [0.5, 0.6) is 5.75 Å². The van der Waals surface area contributed by atoms with Gasteiger partial charge in [0.05, 0.1) is 7.11 Å². The first-order valence-corrected chi connectivity index (χ1v) is 6.96. The van der Waals surface area contributed by atoms with Crippen LogP contribution in [0.15, 0.2) is 18.2 Å². The minimum absolute atomic E-state index is 0.251. The Bertz CT molecular complexity index is 406. The quantitative estimate of drug-likeness (QED) is 0.881. The third-order valence-corrected chi connectivity index (χ3v) is 4.32. The van der Waals surface area contributed by atoms with E-state index in [1.54, 1.807) is 7.11 Å². The summed E-state index contributed by atoms with van der Waals surface area (Å²) < 4.78 is 5.51. The van der Waals surface area contributed by atoms with Gasteiger partial charge >= 0.3 is 0 Å². The molecular formula is C16H25NO. The Hall–Kier alpha value is -1.02. The van der Waals surface area contributed by atoms with Crippen molar-refractivity contribution in [2.45, 2.75) is 45.6 Å². The van der Waals surface area contributed by atoms with Crippen molar-refractivity contribution >= 4 is 0 Å². The minimum atomic E-state index is 0.251. The van der Waals surface area contributed by atoms with Crippen LogP contribution in [0.1, 0.15) is 37.8 Å². The van der Waals surface area contributed by atoms with Crippen LogP contribution in [-0.4, -0.2) is 19.2 Å². The number of ether oxygens (including phenoxy) is 1. The molecule has 1 aromatic carbocycles. The molecule has 0 spiro atoms. The molecule has 0 aliphatic carbocycles. The average molecular weight is 247 g/mol. The highest BCUT2D eigenvalue weighted by molar-refractivity contribution is 5.38. The van der Waals surface area contributed by atoms with E-state index in [1.807, 2.05) is 0 Å². The maximum Gasteiger partial charge on any atom is 0.122 e. The van der Waals surface area contributed by atoms with Crippen LogP contribution >= 0.6 is 0 Å². The molecule has 0 bridgehead atoms. The van der Waals surface area contributed by atoms with Crippen LogP contribution in [0.2, 0.25) is 0 Å². The molecule has 1 aliphatic heterocycles. The van der Waals surface area contributed by atoms with Gasteiger partial charge in [-0.25, -0.2) is 0 Å². The van der Waals surface area contributed by atoms with E-state index in [-0.39, 0.29) is 5.54 Å². The average Bonchev–Trinajstić information content (AvgIpc) is 2.79. The van der Waals surface area contributed by atoms with E-state index < -0.39 is 0 Å². The summed E-state index contributed by atoms with van der Waals surface area (Å²) in [4.78, 5) is 0. The Morgan fingerprint density at radius 3 is 2.72 bits per heavy atom. The second-order valence-electron chi connectivity index (χ2n) is 5.83. The molecule has 1 fully saturated rings. The van der Waals surface area contributed by atoms with Gasteiger partial charge in [0.1, 0.15) is 5.75 Å². The number of rotatable bonds is 4. The maximum atomic E-state index is 5.51. The Balaban J connectivity index is 2.29. The van der Waals surface area contributed by atoms with E-state index in [0.717, 1.165) is 18.7 Å². The van der Waals surface area contributed by atoms with Crippen molar-refractivity contribution in [1.82, 2.24) is 5.32 Å². The highest BCUT2D eigenvalue weighted by atomic mass is 16.5. The second-order valence-corrected chi connectivity index (χ2v) is 5.83. The van der Waals surface area contributed by atoms with Gasteiger partial charge in [-0.1, -0.05) is 31.5 Å². The van der Waals surface area contributed by atoms with Crippen LogP contribution in [0.4, 0.5) is 0 Å². The van der Waals surface area contributed by atoms with Gasteiger partial charge in [0.2, 0.25) is 0 Å². The molecule has 1 heterocycles. The smallest absolute Gasteiger partial charge is 0.122 e. The van der Waals surface area contributed by atoms with Crippen molar-refractivity contribution in [3.63, 3.8) is 0 Å². The number of hydrogen-bond donors (Lipinski definition) is 1. The molecule has 2 nitrogen and oxygen atoms in total. The fourth-order valence-electron chi connectivity index (χ4n) is 3.06. The largest absolute Gasteiger partial charge is 0.496 e. The lowest BCUT2D eigenvalue weighted by Crippen LogP contribution is -2.46. The number of methoxy groups -OCH3 is 1. The van der Waals surface area contributed by atoms with Gasteiger partial charge in [-0.2, -0.15) is 0 Å². The summed E-state index contributed by atoms with van der Waals surface area (Å²) in [7, 11) is 1.76. The van der Waals surface area contributed by atoms with E-state index in [2.05, 4.69) is 44.3 Å². The highest BCUT2D eigenvalue weighted by Crippen LogP contribution is 2.34. The lowest BCUT2D eigenvalue weighted by atomic mass is 9.79. The maximum absolute atomic E-state index is 5.51. The summed E-state index contributed by atoms with van der Waals surface area (Å²) in [5, 5.41) is 3.73. The van der Waals surface area contributed by atoms with Gasteiger partial charge in [-0.15, -0.1) is 0 Å². The lowest BCUT2D eigenvalue weighted by molar-refractivity contribution is 0.266. The molecule has 1 aromatic rings. The molecule has 0 amide bonds. The van der Waals surface area contributed by atoms with E-state index >= 15 is 0 Å². The molecule has 0 saturated carbocycles. The third-order valence-electron chi connectivity index (χ3n) is 4.32. The number of hydrogen-bond acceptors (Lipinski definition) is 2. The van der Waals surface area contributed by atoms with E-state index in [1.165, 1.54) is 24.0 Å². The number of aryl methyl sites for hydroxylation is 1. The molecule has 1 atom stereocenters. The second kappa shape index (κ2) is 5.31. The number of nitrogens with one attached hydrogen (secondary N) is 1. The fourth-order valence-corrected chi connectivity index (χ4v) is 3.06. The van der Waals surface area contributed by atoms with Gasteiger partial charge in [-0.05, 0) is 50.3 Å². The Morgan fingerprint density at radius 1 is 1.39 bits per heavy atom. The van der Waals surface area contributed by atoms with Crippen molar-refractivity contribution < 1.29 is 4.74 Å². The summed E-state index contributed by atoms with van der Waals surface area (Å²) in [6.07, 6.45) is 3.61. The van der Waals surface area contributed by atoms with Gasteiger partial charge in [0, 0.05) is 5.54 Å². The zero-order chi connectivity index (χ0) is 13.2. The Kier molecular flexibility index (Phi) is 3.96. The molecule has 1 N–H and O–H groups in total. The van der Waals surface area contributed by atoms with Gasteiger partial charge < -0.3 is 10.1 Å². The van der Waals surface area contributed by atoms with E-state index in [4.69, 9.17) is 4.74 Å². The van der Waals surface area contributed by atoms with Crippen molar-refractivity contribution in [2.24, 2.45) is 5.92 Å². The molecule has 1 unspecified atom stereocenters. The standard InChI is InChI=1S/C16H25NO/c1-12(2)16(8-5-9-17-16)11-14-10-13(3)6-7-15(14)18-4/h6-7,10,12,17H,5,8-9,11H2,1-4H3. The molecule has 18 heavy (non-hydrogen) atoms. The predicted octanol–water partition coefficient (Wildman–Crippen LogP) is 3.32. The van der Waals surface area contributed by atoms with Crippen molar-refractivity contribution in [3.8, 4) is 5.75 Å². The monoisotopic (exact) mass is 247 g/mol. The molecular weight excluding hydrogens is 222 g/mol. The van der Waals surface area contributed by atoms with E-state index in [0.29, 0.717) is 5.92 Å². The first kappa shape index (κ1) is 13.4. The first-order chi connectivity index (χ1) is 8.57. The Labute approximate surface area is 111 Å². The van der Waals surface area contributed by atoms with Crippen molar-refractivity contribution in [1.29, 1.82) is 0 Å². The summed E-state index contributed by atoms with van der Waals surface area (Å²) in [5.74, 6) is 1.67. The summed E-state index contributed by atoms with van der Waals surface area (Å²) in [5.41, 5.74) is 2.89. The third kappa shape index (κ3) is 2.54. The van der Waals surface area contributed by atoms with E-state index in [9.17, 15) is 0 Å². The van der Waals surface area contributed by atoms with Crippen LogP contribution < -0.4 is 10.1 Å². The first-order valence-electron chi connectivity index (χ1n) is 6.96. The molecule has 2 heteroatoms. The van der Waals surface area contributed by atoms with Crippen LogP contribution in [0, 0.1) is 12.8 Å². The summed E-state index contributed by atoms with van der Waals surface area (Å²) >= 11 is 0. The zero-order valence-corrected chi connectivity index (χ0v) is 12.0. The molecule has 2 rings (SSSR count). The summed E-state index contributed by atoms with van der Waals surface area (Å²) in [6.45, 7) is 7.93. The van der Waals surface area contributed by atoms with Crippen LogP contribution in [0.3, 0.4) is 0 Å².